The predicted octanol–water partition coefficient (Wildman–Crippen LogP) is 5.48. The molecule has 0 saturated carbocycles. The average Bonchev–Trinajstić information content (AvgIpc) is 3.04. The van der Waals surface area contributed by atoms with Gasteiger partial charge in [-0.25, -0.2) is 8.42 Å². The number of halogens is 1. The zero-order valence-electron chi connectivity index (χ0n) is 25.0. The molecule has 1 fully saturated rings. The Hall–Kier alpha value is -4.59. The molecular formula is C31H34ClN7O5S. The van der Waals surface area contributed by atoms with Crippen molar-refractivity contribution in [2.75, 3.05) is 60.0 Å². The zero-order chi connectivity index (χ0) is 32.1. The summed E-state index contributed by atoms with van der Waals surface area (Å²) >= 11 is 6.41. The third-order valence-electron chi connectivity index (χ3n) is 7.16. The first-order valence-electron chi connectivity index (χ1n) is 14.2. The van der Waals surface area contributed by atoms with Crippen LogP contribution in [-0.4, -0.2) is 63.0 Å². The maximum atomic E-state index is 13.1. The third-order valence-corrected chi connectivity index (χ3v) is 9.74. The van der Waals surface area contributed by atoms with Crippen molar-refractivity contribution in [3.8, 4) is 5.75 Å². The lowest BCUT2D eigenvalue weighted by atomic mass is 10.1. The quantitative estimate of drug-likeness (QED) is 0.172. The molecule has 5 rings (SSSR count). The highest BCUT2D eigenvalue weighted by Crippen LogP contribution is 2.34. The minimum absolute atomic E-state index is 0.0225. The number of carbonyl (C=O) groups is 1. The average molecular weight is 652 g/mol. The molecule has 0 atom stereocenters. The lowest BCUT2D eigenvalue weighted by Crippen LogP contribution is -2.36. The van der Waals surface area contributed by atoms with Crippen LogP contribution < -0.4 is 31.3 Å². The Morgan fingerprint density at radius 1 is 1.00 bits per heavy atom. The number of para-hydroxylation sites is 1. The smallest absolute Gasteiger partial charge is 0.255 e. The highest BCUT2D eigenvalue weighted by atomic mass is 35.5. The number of hydrogen-bond donors (Lipinski definition) is 4. The second-order valence-corrected chi connectivity index (χ2v) is 13.3. The third kappa shape index (κ3) is 7.22. The molecule has 1 aromatic heterocycles. The molecule has 0 aliphatic carbocycles. The van der Waals surface area contributed by atoms with Crippen LogP contribution in [0.4, 0.5) is 40.3 Å². The lowest BCUT2D eigenvalue weighted by molar-refractivity contribution is 0.102. The van der Waals surface area contributed by atoms with E-state index in [-0.39, 0.29) is 33.4 Å². The molecule has 1 amide bonds. The number of ether oxygens (including phenoxy) is 2. The molecule has 5 N–H and O–H groups in total. The zero-order valence-corrected chi connectivity index (χ0v) is 26.6. The Balaban J connectivity index is 1.33. The molecule has 1 aliphatic rings. The summed E-state index contributed by atoms with van der Waals surface area (Å²) < 4.78 is 36.8. The van der Waals surface area contributed by atoms with Gasteiger partial charge in [-0.3, -0.25) is 4.79 Å². The molecule has 14 heteroatoms. The van der Waals surface area contributed by atoms with Crippen molar-refractivity contribution in [1.29, 1.82) is 0 Å². The molecule has 0 spiro atoms. The summed E-state index contributed by atoms with van der Waals surface area (Å²) in [6.07, 6.45) is 0. The van der Waals surface area contributed by atoms with E-state index < -0.39 is 15.1 Å². The number of anilines is 7. The number of carbonyl (C=O) groups excluding carboxylic acids is 1. The number of nitrogens with two attached hydrogens (primary N) is 1. The second-order valence-electron chi connectivity index (χ2n) is 10.5. The summed E-state index contributed by atoms with van der Waals surface area (Å²) in [5.74, 6) is 0.181. The van der Waals surface area contributed by atoms with Crippen LogP contribution in [0.3, 0.4) is 0 Å². The van der Waals surface area contributed by atoms with E-state index in [2.05, 4.69) is 30.8 Å². The van der Waals surface area contributed by atoms with Gasteiger partial charge in [-0.15, -0.1) is 0 Å². The molecule has 45 heavy (non-hydrogen) atoms. The van der Waals surface area contributed by atoms with Gasteiger partial charge in [0.1, 0.15) is 16.6 Å². The highest BCUT2D eigenvalue weighted by molar-refractivity contribution is 7.92. The first kappa shape index (κ1) is 31.8. The SMILES string of the molecule is COc1cc(C(=O)Nc2ccc(N3CCOCC3)cc2)ccc1Nc1nc(N)c(Cl)c(Nc2ccccc2S(=O)(=O)C(C)C)n1. The van der Waals surface area contributed by atoms with Gasteiger partial charge in [0.05, 0.1) is 41.8 Å². The Morgan fingerprint density at radius 2 is 1.71 bits per heavy atom. The van der Waals surface area contributed by atoms with Gasteiger partial charge in [-0.1, -0.05) is 23.7 Å². The van der Waals surface area contributed by atoms with Gasteiger partial charge in [0.15, 0.2) is 15.7 Å². The van der Waals surface area contributed by atoms with Crippen LogP contribution >= 0.6 is 11.6 Å². The highest BCUT2D eigenvalue weighted by Gasteiger charge is 2.24. The Labute approximate surface area is 266 Å². The number of amides is 1. The second kappa shape index (κ2) is 13.6. The van der Waals surface area contributed by atoms with Gasteiger partial charge in [-0.05, 0) is 68.4 Å². The van der Waals surface area contributed by atoms with Crippen LogP contribution in [0.5, 0.6) is 5.75 Å². The van der Waals surface area contributed by atoms with Gasteiger partial charge in [0.25, 0.3) is 5.91 Å². The van der Waals surface area contributed by atoms with Crippen molar-refractivity contribution in [2.24, 2.45) is 0 Å². The number of methoxy groups -OCH3 is 1. The molecule has 4 aromatic rings. The summed E-state index contributed by atoms with van der Waals surface area (Å²) in [5, 5.41) is 8.33. The van der Waals surface area contributed by atoms with E-state index in [1.54, 1.807) is 50.2 Å². The monoisotopic (exact) mass is 651 g/mol. The molecule has 1 aliphatic heterocycles. The van der Waals surface area contributed by atoms with Gasteiger partial charge < -0.3 is 36.1 Å². The molecule has 0 bridgehead atoms. The molecular weight excluding hydrogens is 618 g/mol. The number of rotatable bonds is 10. The summed E-state index contributed by atoms with van der Waals surface area (Å²) in [7, 11) is -2.13. The van der Waals surface area contributed by atoms with E-state index in [9.17, 15) is 13.2 Å². The summed E-state index contributed by atoms with van der Waals surface area (Å²) in [5.41, 5.74) is 8.94. The van der Waals surface area contributed by atoms with E-state index in [0.717, 1.165) is 18.8 Å². The largest absolute Gasteiger partial charge is 0.495 e. The maximum Gasteiger partial charge on any atom is 0.255 e. The van der Waals surface area contributed by atoms with Crippen molar-refractivity contribution >= 4 is 67.7 Å². The normalized spacial score (nSPS) is 13.4. The minimum Gasteiger partial charge on any atom is -0.495 e. The number of sulfone groups is 1. The van der Waals surface area contributed by atoms with E-state index in [1.165, 1.54) is 13.2 Å². The van der Waals surface area contributed by atoms with E-state index in [0.29, 0.717) is 41.6 Å². The Kier molecular flexibility index (Phi) is 9.61. The van der Waals surface area contributed by atoms with Crippen LogP contribution in [0.1, 0.15) is 24.2 Å². The van der Waals surface area contributed by atoms with Crippen molar-refractivity contribution in [2.45, 2.75) is 24.0 Å². The van der Waals surface area contributed by atoms with Crippen molar-refractivity contribution in [1.82, 2.24) is 9.97 Å². The fraction of sp³-hybridized carbons (Fsp3) is 0.258. The molecule has 0 unspecified atom stereocenters. The summed E-state index contributed by atoms with van der Waals surface area (Å²) in [6.45, 7) is 6.26. The summed E-state index contributed by atoms with van der Waals surface area (Å²) in [6, 6.07) is 19.0. The molecule has 2 heterocycles. The topological polar surface area (TPSA) is 161 Å². The van der Waals surface area contributed by atoms with E-state index in [4.69, 9.17) is 26.8 Å². The van der Waals surface area contributed by atoms with Crippen LogP contribution in [0, 0.1) is 0 Å². The molecule has 12 nitrogen and oxygen atoms in total. The Morgan fingerprint density at radius 3 is 2.40 bits per heavy atom. The minimum atomic E-state index is -3.61. The van der Waals surface area contributed by atoms with Gasteiger partial charge in [-0.2, -0.15) is 9.97 Å². The van der Waals surface area contributed by atoms with Crippen molar-refractivity contribution < 1.29 is 22.7 Å². The number of nitrogens with zero attached hydrogens (tertiary/aromatic N) is 3. The number of benzene rings is 3. The van der Waals surface area contributed by atoms with E-state index in [1.807, 2.05) is 24.3 Å². The van der Waals surface area contributed by atoms with Crippen molar-refractivity contribution in [3.05, 3.63) is 77.3 Å². The number of aromatic nitrogens is 2. The molecule has 1 saturated heterocycles. The number of nitrogens with one attached hydrogen (secondary N) is 3. The molecule has 236 valence electrons. The molecule has 3 aromatic carbocycles. The fourth-order valence-electron chi connectivity index (χ4n) is 4.64. The number of hydrogen-bond acceptors (Lipinski definition) is 11. The predicted molar refractivity (Wildman–Crippen MR) is 177 cm³/mol. The van der Waals surface area contributed by atoms with Crippen LogP contribution in [0.2, 0.25) is 5.02 Å². The standard InChI is InChI=1S/C31H34ClN7O5S/c1-19(2)45(41,42)26-7-5-4-6-24(26)35-29-27(32)28(33)37-31(38-29)36-23-13-8-20(18-25(23)43-3)30(40)34-21-9-11-22(12-10-21)39-14-16-44-17-15-39/h4-13,18-19H,14-17H2,1-3H3,(H,34,40)(H4,33,35,36,37,38). The van der Waals surface area contributed by atoms with Gasteiger partial charge >= 0.3 is 0 Å². The first-order chi connectivity index (χ1) is 21.6. The van der Waals surface area contributed by atoms with Gasteiger partial charge in [0, 0.05) is 30.0 Å². The van der Waals surface area contributed by atoms with E-state index >= 15 is 0 Å². The van der Waals surface area contributed by atoms with Crippen LogP contribution in [0.15, 0.2) is 71.6 Å². The number of morpholine rings is 1. The van der Waals surface area contributed by atoms with Crippen LogP contribution in [0.25, 0.3) is 0 Å². The fourth-order valence-corrected chi connectivity index (χ4v) is 5.97. The maximum absolute atomic E-state index is 13.1. The number of nitrogen functional groups attached to an aromatic ring is 1. The Bertz CT molecular complexity index is 1800. The van der Waals surface area contributed by atoms with Crippen LogP contribution in [-0.2, 0) is 14.6 Å². The first-order valence-corrected chi connectivity index (χ1v) is 16.1. The molecule has 0 radical (unpaired) electrons. The van der Waals surface area contributed by atoms with Gasteiger partial charge in [0.2, 0.25) is 5.95 Å². The summed E-state index contributed by atoms with van der Waals surface area (Å²) in [4.78, 5) is 24.1. The lowest BCUT2D eigenvalue weighted by Gasteiger charge is -2.28. The van der Waals surface area contributed by atoms with Crippen molar-refractivity contribution in [3.63, 3.8) is 0 Å².